The largest absolute Gasteiger partial charge is 0.453 e. The van der Waals surface area contributed by atoms with Gasteiger partial charge in [-0.05, 0) is 33.9 Å². The van der Waals surface area contributed by atoms with Crippen LogP contribution in [0.2, 0.25) is 0 Å². The van der Waals surface area contributed by atoms with E-state index >= 15 is 0 Å². The van der Waals surface area contributed by atoms with Crippen LogP contribution in [0.5, 0.6) is 0 Å². The Morgan fingerprint density at radius 2 is 2.00 bits per heavy atom. The predicted octanol–water partition coefficient (Wildman–Crippen LogP) is 1.98. The van der Waals surface area contributed by atoms with Gasteiger partial charge in [0.15, 0.2) is 0 Å². The van der Waals surface area contributed by atoms with Crippen LogP contribution in [-0.4, -0.2) is 57.7 Å². The number of aromatic nitrogens is 4. The first kappa shape index (κ1) is 16.0. The lowest BCUT2D eigenvalue weighted by molar-refractivity contribution is -0.144. The molecule has 9 heteroatoms. The van der Waals surface area contributed by atoms with Crippen molar-refractivity contribution in [1.82, 2.24) is 24.5 Å². The fourth-order valence-corrected chi connectivity index (χ4v) is 2.90. The standard InChI is InChI=1S/C14H19F3N6/c1-9-7-11(22-6-4-5-10(8-22)21(2)3)23-13(18-9)19-12(20-23)14(15,16)17/h7,10H,4-6,8H2,1-3H3. The van der Waals surface area contributed by atoms with Crippen LogP contribution in [-0.2, 0) is 6.18 Å². The molecule has 6 nitrogen and oxygen atoms in total. The molecular formula is C14H19F3N6. The fourth-order valence-electron chi connectivity index (χ4n) is 2.90. The van der Waals surface area contributed by atoms with E-state index in [2.05, 4.69) is 24.9 Å². The summed E-state index contributed by atoms with van der Waals surface area (Å²) in [5, 5.41) is 3.63. The molecule has 2 aromatic rings. The Bertz CT molecular complexity index is 708. The van der Waals surface area contributed by atoms with Crippen molar-refractivity contribution in [3.8, 4) is 0 Å². The topological polar surface area (TPSA) is 49.6 Å². The Morgan fingerprint density at radius 3 is 2.65 bits per heavy atom. The van der Waals surface area contributed by atoms with Crippen molar-refractivity contribution in [3.63, 3.8) is 0 Å². The number of aryl methyl sites for hydroxylation is 1. The third-order valence-electron chi connectivity index (χ3n) is 4.13. The van der Waals surface area contributed by atoms with E-state index in [1.165, 1.54) is 4.52 Å². The molecule has 126 valence electrons. The maximum Gasteiger partial charge on any atom is 0.453 e. The first-order chi connectivity index (χ1) is 10.8. The van der Waals surface area contributed by atoms with E-state index in [1.54, 1.807) is 13.0 Å². The number of anilines is 1. The van der Waals surface area contributed by atoms with Crippen LogP contribution in [0.4, 0.5) is 19.0 Å². The monoisotopic (exact) mass is 328 g/mol. The Balaban J connectivity index is 2.04. The van der Waals surface area contributed by atoms with Gasteiger partial charge in [0.05, 0.1) is 0 Å². The van der Waals surface area contributed by atoms with Crippen LogP contribution < -0.4 is 4.90 Å². The van der Waals surface area contributed by atoms with E-state index < -0.39 is 12.0 Å². The molecule has 0 radical (unpaired) electrons. The number of alkyl halides is 3. The zero-order valence-electron chi connectivity index (χ0n) is 13.3. The molecule has 3 heterocycles. The van der Waals surface area contributed by atoms with E-state index in [0.717, 1.165) is 25.9 Å². The lowest BCUT2D eigenvalue weighted by atomic mass is 10.1. The Labute approximate surface area is 131 Å². The summed E-state index contributed by atoms with van der Waals surface area (Å²) >= 11 is 0. The summed E-state index contributed by atoms with van der Waals surface area (Å²) in [6.45, 7) is 3.27. The molecule has 1 unspecified atom stereocenters. The third kappa shape index (κ3) is 3.10. The summed E-state index contributed by atoms with van der Waals surface area (Å²) in [7, 11) is 4.03. The first-order valence-electron chi connectivity index (χ1n) is 7.48. The van der Waals surface area contributed by atoms with Crippen molar-refractivity contribution < 1.29 is 13.2 Å². The number of hydrogen-bond acceptors (Lipinski definition) is 5. The van der Waals surface area contributed by atoms with Crippen LogP contribution in [0.25, 0.3) is 5.78 Å². The van der Waals surface area contributed by atoms with E-state index in [-0.39, 0.29) is 5.78 Å². The van der Waals surface area contributed by atoms with Crippen molar-refractivity contribution in [1.29, 1.82) is 0 Å². The molecule has 0 bridgehead atoms. The van der Waals surface area contributed by atoms with Gasteiger partial charge in [0.2, 0.25) is 0 Å². The number of halogens is 3. The molecule has 1 aliphatic rings. The van der Waals surface area contributed by atoms with Crippen molar-refractivity contribution in [2.45, 2.75) is 32.0 Å². The van der Waals surface area contributed by atoms with Gasteiger partial charge in [-0.1, -0.05) is 0 Å². The molecule has 1 aliphatic heterocycles. The van der Waals surface area contributed by atoms with Crippen LogP contribution in [0.3, 0.4) is 0 Å². The number of rotatable bonds is 2. The molecule has 1 fully saturated rings. The number of fused-ring (bicyclic) bond motifs is 1. The molecule has 0 aromatic carbocycles. The normalized spacial score (nSPS) is 19.8. The smallest absolute Gasteiger partial charge is 0.355 e. The molecule has 1 saturated heterocycles. The lowest BCUT2D eigenvalue weighted by Crippen LogP contribution is -2.45. The second-order valence-electron chi connectivity index (χ2n) is 6.11. The maximum atomic E-state index is 12.9. The minimum atomic E-state index is -4.58. The minimum absolute atomic E-state index is 0.0145. The number of likely N-dealkylation sites (N-methyl/N-ethyl adjacent to an activating group) is 1. The van der Waals surface area contributed by atoms with Crippen molar-refractivity contribution in [2.24, 2.45) is 0 Å². The average Bonchev–Trinajstić information content (AvgIpc) is 2.90. The SMILES string of the molecule is Cc1cc(N2CCCC(N(C)C)C2)n2nc(C(F)(F)F)nc2n1. The highest BCUT2D eigenvalue weighted by molar-refractivity contribution is 5.48. The number of piperidine rings is 1. The maximum absolute atomic E-state index is 12.9. The summed E-state index contributed by atoms with van der Waals surface area (Å²) in [6, 6.07) is 2.12. The Kier molecular flexibility index (Phi) is 3.91. The summed E-state index contributed by atoms with van der Waals surface area (Å²) < 4.78 is 39.8. The van der Waals surface area contributed by atoms with Gasteiger partial charge in [-0.3, -0.25) is 0 Å². The molecular weight excluding hydrogens is 309 g/mol. The summed E-state index contributed by atoms with van der Waals surface area (Å²) in [5.74, 6) is -0.556. The third-order valence-corrected chi connectivity index (χ3v) is 4.13. The van der Waals surface area contributed by atoms with Crippen molar-refractivity contribution in [3.05, 3.63) is 17.6 Å². The van der Waals surface area contributed by atoms with Gasteiger partial charge in [0, 0.05) is 30.9 Å². The second-order valence-corrected chi connectivity index (χ2v) is 6.11. The van der Waals surface area contributed by atoms with Crippen LogP contribution >= 0.6 is 0 Å². The summed E-state index contributed by atoms with van der Waals surface area (Å²) in [6.07, 6.45) is -2.53. The van der Waals surface area contributed by atoms with Crippen LogP contribution in [0.1, 0.15) is 24.4 Å². The highest BCUT2D eigenvalue weighted by atomic mass is 19.4. The molecule has 23 heavy (non-hydrogen) atoms. The van der Waals surface area contributed by atoms with Gasteiger partial charge in [-0.25, -0.2) is 4.98 Å². The zero-order chi connectivity index (χ0) is 16.8. The summed E-state index contributed by atoms with van der Waals surface area (Å²) in [5.41, 5.74) is 0.626. The van der Waals surface area contributed by atoms with E-state index in [0.29, 0.717) is 17.6 Å². The number of hydrogen-bond donors (Lipinski definition) is 0. The number of nitrogens with zero attached hydrogens (tertiary/aromatic N) is 6. The molecule has 0 N–H and O–H groups in total. The molecule has 0 spiro atoms. The Hall–Kier alpha value is -1.90. The van der Waals surface area contributed by atoms with Gasteiger partial charge >= 0.3 is 6.18 Å². The van der Waals surface area contributed by atoms with E-state index in [1.807, 2.05) is 14.1 Å². The molecule has 3 rings (SSSR count). The van der Waals surface area contributed by atoms with Gasteiger partial charge < -0.3 is 9.80 Å². The van der Waals surface area contributed by atoms with Gasteiger partial charge in [0.25, 0.3) is 11.6 Å². The van der Waals surface area contributed by atoms with Gasteiger partial charge in [-0.15, -0.1) is 5.10 Å². The highest BCUT2D eigenvalue weighted by Gasteiger charge is 2.37. The predicted molar refractivity (Wildman–Crippen MR) is 79.4 cm³/mol. The lowest BCUT2D eigenvalue weighted by Gasteiger charge is -2.37. The first-order valence-corrected chi connectivity index (χ1v) is 7.48. The average molecular weight is 328 g/mol. The van der Waals surface area contributed by atoms with Gasteiger partial charge in [-0.2, -0.15) is 22.7 Å². The second kappa shape index (κ2) is 5.63. The summed E-state index contributed by atoms with van der Waals surface area (Å²) in [4.78, 5) is 11.8. The molecule has 2 aromatic heterocycles. The van der Waals surface area contributed by atoms with Crippen molar-refractivity contribution in [2.75, 3.05) is 32.1 Å². The van der Waals surface area contributed by atoms with Crippen molar-refractivity contribution >= 4 is 11.6 Å². The molecule has 0 aliphatic carbocycles. The van der Waals surface area contributed by atoms with Crippen LogP contribution in [0.15, 0.2) is 6.07 Å². The molecule has 0 saturated carbocycles. The van der Waals surface area contributed by atoms with E-state index in [9.17, 15) is 13.2 Å². The molecule has 0 amide bonds. The zero-order valence-corrected chi connectivity index (χ0v) is 13.3. The minimum Gasteiger partial charge on any atom is -0.355 e. The Morgan fingerprint density at radius 1 is 1.26 bits per heavy atom. The quantitative estimate of drug-likeness (QED) is 0.844. The highest BCUT2D eigenvalue weighted by Crippen LogP contribution is 2.28. The fraction of sp³-hybridized carbons (Fsp3) is 0.643. The molecule has 1 atom stereocenters. The van der Waals surface area contributed by atoms with Crippen LogP contribution in [0, 0.1) is 6.92 Å². The van der Waals surface area contributed by atoms with Gasteiger partial charge in [0.1, 0.15) is 5.82 Å². The van der Waals surface area contributed by atoms with E-state index in [4.69, 9.17) is 0 Å².